The number of allylic oxidation sites excluding steroid dienone is 1. The zero-order valence-electron chi connectivity index (χ0n) is 19.4. The summed E-state index contributed by atoms with van der Waals surface area (Å²) in [6, 6.07) is 11.7. The van der Waals surface area contributed by atoms with E-state index in [9.17, 15) is 14.7 Å². The predicted molar refractivity (Wildman–Crippen MR) is 125 cm³/mol. The number of carbonyl (C=O) groups excluding carboxylic acids is 2. The molecule has 1 amide bonds. The van der Waals surface area contributed by atoms with Crippen molar-refractivity contribution in [1.82, 2.24) is 0 Å². The van der Waals surface area contributed by atoms with Gasteiger partial charge in [0.2, 0.25) is 0 Å². The maximum absolute atomic E-state index is 12.9. The summed E-state index contributed by atoms with van der Waals surface area (Å²) in [4.78, 5) is 34.4. The summed E-state index contributed by atoms with van der Waals surface area (Å²) in [7, 11) is 2.98. The topological polar surface area (TPSA) is 107 Å². The Hall–Kier alpha value is -3.94. The molecule has 0 atom stereocenters. The highest BCUT2D eigenvalue weighted by Gasteiger charge is 2.32. The first-order valence-corrected chi connectivity index (χ1v) is 10.2. The minimum absolute atomic E-state index is 0.0823. The molecule has 1 aliphatic heterocycles. The van der Waals surface area contributed by atoms with Gasteiger partial charge in [-0.3, -0.25) is 4.79 Å². The van der Waals surface area contributed by atoms with Crippen LogP contribution >= 0.6 is 0 Å². The fourth-order valence-corrected chi connectivity index (χ4v) is 3.26. The van der Waals surface area contributed by atoms with Crippen molar-refractivity contribution < 1.29 is 28.9 Å². The lowest BCUT2D eigenvalue weighted by Crippen LogP contribution is -2.28. The molecule has 1 aliphatic rings. The lowest BCUT2D eigenvalue weighted by atomic mass is 9.99. The monoisotopic (exact) mass is 450 g/mol. The predicted octanol–water partition coefficient (Wildman–Crippen LogP) is 4.27. The second-order valence-electron chi connectivity index (χ2n) is 8.28. The first kappa shape index (κ1) is 23.7. The van der Waals surface area contributed by atoms with E-state index in [2.05, 4.69) is 9.98 Å². The number of aliphatic hydroxyl groups is 1. The Morgan fingerprint density at radius 1 is 0.970 bits per heavy atom. The molecule has 3 rings (SSSR count). The second kappa shape index (κ2) is 9.28. The van der Waals surface area contributed by atoms with Crippen LogP contribution in [-0.4, -0.2) is 48.4 Å². The Bertz CT molecular complexity index is 1200. The summed E-state index contributed by atoms with van der Waals surface area (Å²) in [6.45, 7) is 6.57. The van der Waals surface area contributed by atoms with Crippen molar-refractivity contribution in [2.45, 2.75) is 33.3 Å². The molecule has 0 unspecified atom stereocenters. The van der Waals surface area contributed by atoms with Crippen molar-refractivity contribution in [3.63, 3.8) is 0 Å². The molecule has 172 valence electrons. The highest BCUT2D eigenvalue weighted by molar-refractivity contribution is 6.36. The lowest BCUT2D eigenvalue weighted by molar-refractivity contribution is -0.149. The van der Waals surface area contributed by atoms with E-state index in [1.165, 1.54) is 27.2 Å². The number of nitrogens with zero attached hydrogens (tertiary/aromatic N) is 2. The van der Waals surface area contributed by atoms with Crippen molar-refractivity contribution >= 4 is 23.4 Å². The minimum atomic E-state index is -0.767. The molecule has 0 saturated carbocycles. The molecular formula is C25H26N2O6. The van der Waals surface area contributed by atoms with Gasteiger partial charge in [-0.05, 0) is 45.9 Å². The zero-order chi connectivity index (χ0) is 24.3. The van der Waals surface area contributed by atoms with Gasteiger partial charge in [-0.1, -0.05) is 24.3 Å². The number of fused-ring (bicyclic) bond motifs is 1. The number of hydrogen-bond donors (Lipinski definition) is 1. The molecule has 0 saturated heterocycles. The van der Waals surface area contributed by atoms with E-state index < -0.39 is 17.5 Å². The average molecular weight is 450 g/mol. The molecule has 8 nitrogen and oxygen atoms in total. The fraction of sp³-hybridized carbons (Fsp3) is 0.280. The van der Waals surface area contributed by atoms with Crippen LogP contribution in [0.1, 0.15) is 49.2 Å². The highest BCUT2D eigenvalue weighted by atomic mass is 16.6. The first-order valence-electron chi connectivity index (χ1n) is 10.2. The van der Waals surface area contributed by atoms with E-state index in [4.69, 9.17) is 14.2 Å². The van der Waals surface area contributed by atoms with Crippen LogP contribution in [0, 0.1) is 0 Å². The molecule has 2 aromatic rings. The number of benzene rings is 2. The van der Waals surface area contributed by atoms with E-state index in [1.54, 1.807) is 57.2 Å². The number of rotatable bonds is 5. The van der Waals surface area contributed by atoms with Crippen LogP contribution in [0.15, 0.2) is 63.8 Å². The lowest BCUT2D eigenvalue weighted by Gasteiger charge is -2.21. The molecule has 0 aliphatic carbocycles. The normalized spacial score (nSPS) is 14.8. The summed E-state index contributed by atoms with van der Waals surface area (Å²) in [5.74, 6) is -0.504. The van der Waals surface area contributed by atoms with Gasteiger partial charge in [-0.2, -0.15) is 4.99 Å². The van der Waals surface area contributed by atoms with Gasteiger partial charge >= 0.3 is 5.97 Å². The van der Waals surface area contributed by atoms with Crippen molar-refractivity contribution in [2.24, 2.45) is 9.98 Å². The Morgan fingerprint density at radius 2 is 1.61 bits per heavy atom. The van der Waals surface area contributed by atoms with Gasteiger partial charge in [0.1, 0.15) is 16.9 Å². The van der Waals surface area contributed by atoms with Crippen LogP contribution in [-0.2, 0) is 9.53 Å². The molecule has 8 heteroatoms. The molecule has 0 bridgehead atoms. The number of esters is 1. The average Bonchev–Trinajstić information content (AvgIpc) is 3.09. The molecule has 0 fully saturated rings. The summed E-state index contributed by atoms with van der Waals surface area (Å²) in [6.07, 6.45) is 0. The molecule has 33 heavy (non-hydrogen) atoms. The van der Waals surface area contributed by atoms with Gasteiger partial charge in [-0.25, -0.2) is 9.79 Å². The van der Waals surface area contributed by atoms with E-state index in [0.29, 0.717) is 22.6 Å². The number of aliphatic hydroxyl groups excluding tert-OH is 1. The maximum Gasteiger partial charge on any atom is 0.344 e. The zero-order valence-corrected chi connectivity index (χ0v) is 19.4. The van der Waals surface area contributed by atoms with Gasteiger partial charge in [0.25, 0.3) is 5.91 Å². The maximum atomic E-state index is 12.9. The molecule has 0 aromatic heterocycles. The van der Waals surface area contributed by atoms with E-state index >= 15 is 0 Å². The second-order valence-corrected chi connectivity index (χ2v) is 8.28. The Kier molecular flexibility index (Phi) is 6.67. The number of hydrogen-bond acceptors (Lipinski definition) is 6. The summed E-state index contributed by atoms with van der Waals surface area (Å²) in [5, 5.41) is 10.3. The summed E-state index contributed by atoms with van der Waals surface area (Å²) >= 11 is 0. The molecular weight excluding hydrogens is 424 g/mol. The van der Waals surface area contributed by atoms with Crippen LogP contribution in [0.5, 0.6) is 11.5 Å². The number of aliphatic imine (C=N–C) groups is 2. The number of methoxy groups -OCH3 is 2. The van der Waals surface area contributed by atoms with Gasteiger partial charge in [0, 0.05) is 16.7 Å². The van der Waals surface area contributed by atoms with E-state index in [-0.39, 0.29) is 28.4 Å². The summed E-state index contributed by atoms with van der Waals surface area (Å²) < 4.78 is 15.9. The SMILES string of the molecule is COc1ccc(C(=O)N=C2N=C(/C(C(=O)OC(C)(C)C)=C(/C)O)c3ccccc32)cc1OC. The molecule has 0 spiro atoms. The molecule has 2 aromatic carbocycles. The number of amides is 1. The van der Waals surface area contributed by atoms with Crippen LogP contribution in [0.25, 0.3) is 0 Å². The molecule has 1 N–H and O–H groups in total. The number of carbonyl (C=O) groups is 2. The third kappa shape index (κ3) is 5.11. The Morgan fingerprint density at radius 3 is 2.18 bits per heavy atom. The smallest absolute Gasteiger partial charge is 0.344 e. The Labute approximate surface area is 192 Å². The van der Waals surface area contributed by atoms with E-state index in [1.807, 2.05) is 0 Å². The van der Waals surface area contributed by atoms with Crippen molar-refractivity contribution in [3.8, 4) is 11.5 Å². The molecule has 0 radical (unpaired) electrons. The third-order valence-corrected chi connectivity index (χ3v) is 4.68. The highest BCUT2D eigenvalue weighted by Crippen LogP contribution is 2.29. The van der Waals surface area contributed by atoms with Crippen LogP contribution in [0.4, 0.5) is 0 Å². The van der Waals surface area contributed by atoms with E-state index in [0.717, 1.165) is 0 Å². The largest absolute Gasteiger partial charge is 0.512 e. The number of amidine groups is 1. The van der Waals surface area contributed by atoms with Crippen LogP contribution in [0.3, 0.4) is 0 Å². The van der Waals surface area contributed by atoms with Crippen LogP contribution in [0.2, 0.25) is 0 Å². The minimum Gasteiger partial charge on any atom is -0.512 e. The number of ether oxygens (including phenoxy) is 3. The van der Waals surface area contributed by atoms with Crippen LogP contribution < -0.4 is 9.47 Å². The van der Waals surface area contributed by atoms with Gasteiger partial charge in [0.05, 0.1) is 19.9 Å². The van der Waals surface area contributed by atoms with Gasteiger partial charge < -0.3 is 19.3 Å². The summed E-state index contributed by atoms with van der Waals surface area (Å²) in [5.41, 5.74) is 0.744. The first-order chi connectivity index (χ1) is 15.6. The Balaban J connectivity index is 2.07. The van der Waals surface area contributed by atoms with Crippen molar-refractivity contribution in [2.75, 3.05) is 14.2 Å². The van der Waals surface area contributed by atoms with Crippen molar-refractivity contribution in [3.05, 3.63) is 70.5 Å². The fourth-order valence-electron chi connectivity index (χ4n) is 3.26. The quantitative estimate of drug-likeness (QED) is 0.414. The van der Waals surface area contributed by atoms with Gasteiger partial charge in [-0.15, -0.1) is 0 Å². The van der Waals surface area contributed by atoms with Crippen molar-refractivity contribution in [1.29, 1.82) is 0 Å². The standard InChI is InChI=1S/C25H26N2O6/c1-14(28)20(24(30)33-25(2,3)4)21-16-9-7-8-10-17(16)22(26-21)27-23(29)15-11-12-18(31-5)19(13-15)32-6/h7-13,28H,1-6H3/b20-14+,27-22?. The molecule has 1 heterocycles. The third-order valence-electron chi connectivity index (χ3n) is 4.68. The van der Waals surface area contributed by atoms with Gasteiger partial charge in [0.15, 0.2) is 17.3 Å².